The number of rotatable bonds is 6. The first-order chi connectivity index (χ1) is 26.4. The molecule has 0 aliphatic rings. The summed E-state index contributed by atoms with van der Waals surface area (Å²) < 4.78 is 47.5. The van der Waals surface area contributed by atoms with Gasteiger partial charge in [0.25, 0.3) is 22.9 Å². The predicted octanol–water partition coefficient (Wildman–Crippen LogP) is 4.13. The van der Waals surface area contributed by atoms with Gasteiger partial charge in [0.2, 0.25) is 0 Å². The number of anilines is 2. The molecule has 0 saturated carbocycles. The van der Waals surface area contributed by atoms with Crippen LogP contribution in [0, 0.1) is 0 Å². The molecular formula is C38H34Cl2N4NaO6+. The number of halogens is 2. The van der Waals surface area contributed by atoms with Crippen LogP contribution in [0.4, 0.5) is 11.4 Å². The molecule has 0 spiro atoms. The Morgan fingerprint density at radius 2 is 0.980 bits per heavy atom. The molecule has 6 rings (SSSR count). The predicted molar refractivity (Wildman–Crippen MR) is 199 cm³/mol. The first-order valence-corrected chi connectivity index (χ1v) is 16.0. The zero-order valence-electron chi connectivity index (χ0n) is 33.7. The van der Waals surface area contributed by atoms with Crippen molar-refractivity contribution in [2.75, 3.05) is 22.9 Å². The molecule has 0 fully saturated rings. The van der Waals surface area contributed by atoms with Crippen molar-refractivity contribution in [3.8, 4) is 11.5 Å². The minimum atomic E-state index is -2.87. The molecule has 0 saturated heterocycles. The smallest absolute Gasteiger partial charge is 0.506 e. The number of aromatic hydroxyl groups is 2. The molecule has 0 bridgehead atoms. The van der Waals surface area contributed by atoms with Crippen LogP contribution in [0.1, 0.15) is 42.8 Å². The summed E-state index contributed by atoms with van der Waals surface area (Å²) in [6.07, 6.45) is 0. The second-order valence-corrected chi connectivity index (χ2v) is 11.6. The van der Waals surface area contributed by atoms with Crippen LogP contribution in [0.25, 0.3) is 21.8 Å². The zero-order chi connectivity index (χ0) is 41.3. The second kappa shape index (κ2) is 16.6. The maximum absolute atomic E-state index is 13.2. The van der Waals surface area contributed by atoms with Crippen molar-refractivity contribution in [3.63, 3.8) is 0 Å². The number of fused-ring (bicyclic) bond motifs is 2. The standard InChI is InChI=1S/2C19H17ClN2O3.Na/c2*1-3-22(12-8-5-4-6-9-12)19(25)16-17(23)15-13(20)10-7-11-14(15)21(2)18(16)24;/h2*4-11,23H,3H2,1-2H3;/q;;+1/i2*2D3;. The van der Waals surface area contributed by atoms with E-state index in [4.69, 9.17) is 31.4 Å². The molecule has 6 aromatic rings. The fraction of sp³-hybridized carbons (Fsp3) is 0.158. The molecule has 2 N–H and O–H groups in total. The third kappa shape index (κ3) is 7.42. The molecule has 2 amide bonds. The van der Waals surface area contributed by atoms with Gasteiger partial charge >= 0.3 is 29.6 Å². The van der Waals surface area contributed by atoms with Crippen LogP contribution in [0.2, 0.25) is 10.0 Å². The number of carbonyl (C=O) groups excluding carboxylic acids is 2. The minimum Gasteiger partial charge on any atom is -0.506 e. The van der Waals surface area contributed by atoms with Gasteiger partial charge in [0.15, 0.2) is 0 Å². The number of carbonyl (C=O) groups is 2. The Morgan fingerprint density at radius 3 is 1.29 bits per heavy atom. The summed E-state index contributed by atoms with van der Waals surface area (Å²) in [4.78, 5) is 54.9. The van der Waals surface area contributed by atoms with Crippen molar-refractivity contribution < 1.29 is 57.6 Å². The summed E-state index contributed by atoms with van der Waals surface area (Å²) in [5.41, 5.74) is -2.62. The van der Waals surface area contributed by atoms with E-state index in [0.717, 1.165) is 0 Å². The Hall–Kier alpha value is -4.58. The fourth-order valence-corrected chi connectivity index (χ4v) is 6.04. The van der Waals surface area contributed by atoms with Gasteiger partial charge in [0.05, 0.1) is 31.9 Å². The van der Waals surface area contributed by atoms with Gasteiger partial charge in [-0.2, -0.15) is 0 Å². The van der Waals surface area contributed by atoms with Crippen LogP contribution >= 0.6 is 23.2 Å². The molecule has 2 aromatic heterocycles. The first kappa shape index (κ1) is 31.2. The second-order valence-electron chi connectivity index (χ2n) is 10.8. The van der Waals surface area contributed by atoms with E-state index in [2.05, 4.69) is 0 Å². The molecule has 51 heavy (non-hydrogen) atoms. The van der Waals surface area contributed by atoms with Gasteiger partial charge in [0.1, 0.15) is 22.6 Å². The number of hydrogen-bond acceptors (Lipinski definition) is 6. The van der Waals surface area contributed by atoms with Crippen LogP contribution in [-0.2, 0) is 14.0 Å². The van der Waals surface area contributed by atoms with Crippen molar-refractivity contribution in [2.45, 2.75) is 13.8 Å². The van der Waals surface area contributed by atoms with E-state index in [9.17, 15) is 29.4 Å². The third-order valence-electron chi connectivity index (χ3n) is 7.93. The van der Waals surface area contributed by atoms with Gasteiger partial charge in [-0.3, -0.25) is 19.2 Å². The number of benzene rings is 4. The largest absolute Gasteiger partial charge is 1.00 e. The summed E-state index contributed by atoms with van der Waals surface area (Å²) in [5, 5.41) is 21.4. The number of nitrogens with zero attached hydrogens (tertiary/aromatic N) is 4. The molecule has 13 heteroatoms. The molecular weight excluding hydrogens is 702 g/mol. The van der Waals surface area contributed by atoms with E-state index >= 15 is 0 Å². The van der Waals surface area contributed by atoms with E-state index in [1.54, 1.807) is 74.5 Å². The molecule has 2 heterocycles. The number of amides is 2. The fourth-order valence-electron chi connectivity index (χ4n) is 5.52. The van der Waals surface area contributed by atoms with E-state index < -0.39 is 59.5 Å². The topological polar surface area (TPSA) is 125 Å². The summed E-state index contributed by atoms with van der Waals surface area (Å²) >= 11 is 12.3. The molecule has 0 radical (unpaired) electrons. The first-order valence-electron chi connectivity index (χ1n) is 18.2. The number of aromatic nitrogens is 2. The Labute approximate surface area is 334 Å². The molecule has 256 valence electrons. The molecule has 0 unspecified atom stereocenters. The quantitative estimate of drug-likeness (QED) is 0.248. The van der Waals surface area contributed by atoms with Gasteiger partial charge in [0, 0.05) is 46.6 Å². The van der Waals surface area contributed by atoms with E-state index in [0.29, 0.717) is 20.5 Å². The van der Waals surface area contributed by atoms with Gasteiger partial charge in [-0.15, -0.1) is 0 Å². The average Bonchev–Trinajstić information content (AvgIpc) is 3.12. The Morgan fingerprint density at radius 1 is 0.627 bits per heavy atom. The van der Waals surface area contributed by atoms with E-state index in [1.165, 1.54) is 46.2 Å². The van der Waals surface area contributed by atoms with Crippen LogP contribution in [0.3, 0.4) is 0 Å². The molecule has 0 atom stereocenters. The van der Waals surface area contributed by atoms with Crippen molar-refractivity contribution >= 4 is 68.2 Å². The van der Waals surface area contributed by atoms with E-state index in [1.807, 2.05) is 0 Å². The summed E-state index contributed by atoms with van der Waals surface area (Å²) in [6.45, 7) is -1.91. The Kier molecular flexibility index (Phi) is 10.2. The average molecular weight is 743 g/mol. The van der Waals surface area contributed by atoms with Crippen molar-refractivity contribution in [1.82, 2.24) is 9.13 Å². The van der Waals surface area contributed by atoms with Gasteiger partial charge in [-0.1, -0.05) is 71.7 Å². The van der Waals surface area contributed by atoms with Crippen molar-refractivity contribution in [1.29, 1.82) is 0 Å². The normalized spacial score (nSPS) is 12.9. The van der Waals surface area contributed by atoms with E-state index in [-0.39, 0.29) is 74.5 Å². The molecule has 4 aromatic carbocycles. The summed E-state index contributed by atoms with van der Waals surface area (Å²) in [5.74, 6) is -2.89. The number of hydrogen-bond donors (Lipinski definition) is 2. The maximum atomic E-state index is 13.2. The molecule has 0 aliphatic carbocycles. The maximum Gasteiger partial charge on any atom is 1.00 e. The van der Waals surface area contributed by atoms with Gasteiger partial charge in [-0.05, 0) is 62.4 Å². The van der Waals surface area contributed by atoms with Crippen LogP contribution in [-0.4, -0.2) is 44.3 Å². The van der Waals surface area contributed by atoms with Crippen LogP contribution in [0.15, 0.2) is 107 Å². The Bertz CT molecular complexity index is 2410. The summed E-state index contributed by atoms with van der Waals surface area (Å²) in [7, 11) is 0. The Balaban J connectivity index is 0.000000248. The number of para-hydroxylation sites is 2. The van der Waals surface area contributed by atoms with Crippen LogP contribution < -0.4 is 50.5 Å². The van der Waals surface area contributed by atoms with Crippen LogP contribution in [0.5, 0.6) is 11.5 Å². The zero-order valence-corrected chi connectivity index (χ0v) is 31.2. The monoisotopic (exact) mass is 741 g/mol. The number of pyridine rings is 2. The summed E-state index contributed by atoms with van der Waals surface area (Å²) in [6, 6.07) is 25.7. The van der Waals surface area contributed by atoms with Gasteiger partial charge < -0.3 is 29.1 Å². The molecule has 10 nitrogen and oxygen atoms in total. The molecule has 0 aliphatic heterocycles. The SMILES string of the molecule is [2H]C([2H])([2H])n1c(=O)c(C(=O)N(CC)c2ccccc2)c(O)c2c(Cl)cccc21.[2H]C([2H])([2H])n1c(=O)c(C(=O)N(CC)c2ccccc2)c(O)c2c(Cl)cccc21.[Na+]. The minimum absolute atomic E-state index is 0. The third-order valence-corrected chi connectivity index (χ3v) is 8.56. The van der Waals surface area contributed by atoms with Crippen molar-refractivity contribution in [2.24, 2.45) is 14.0 Å². The van der Waals surface area contributed by atoms with Gasteiger partial charge in [-0.25, -0.2) is 0 Å². The number of aryl methyl sites for hydroxylation is 2. The van der Waals surface area contributed by atoms with Crippen molar-refractivity contribution in [3.05, 3.63) is 139 Å².